The highest BCUT2D eigenvalue weighted by Crippen LogP contribution is 2.18. The van der Waals surface area contributed by atoms with E-state index in [9.17, 15) is 4.79 Å². The van der Waals surface area contributed by atoms with E-state index >= 15 is 0 Å². The number of ether oxygens (including phenoxy) is 1. The molecule has 0 bridgehead atoms. The lowest BCUT2D eigenvalue weighted by atomic mass is 10.2. The molecule has 2 saturated heterocycles. The molecule has 0 aromatic carbocycles. The second-order valence-electron chi connectivity index (χ2n) is 5.50. The lowest BCUT2D eigenvalue weighted by Crippen LogP contribution is -2.47. The van der Waals surface area contributed by atoms with Crippen molar-refractivity contribution in [2.75, 3.05) is 37.7 Å². The highest BCUT2D eigenvalue weighted by atomic mass is 35.5. The van der Waals surface area contributed by atoms with Crippen molar-refractivity contribution in [3.05, 3.63) is 23.9 Å². The molecule has 2 fully saturated rings. The van der Waals surface area contributed by atoms with Crippen molar-refractivity contribution < 1.29 is 9.53 Å². The number of anilines is 1. The summed E-state index contributed by atoms with van der Waals surface area (Å²) in [5.41, 5.74) is 1.07. The highest BCUT2D eigenvalue weighted by Gasteiger charge is 2.21. The van der Waals surface area contributed by atoms with Crippen molar-refractivity contribution in [3.63, 3.8) is 0 Å². The monoisotopic (exact) mass is 362 g/mol. The Bertz CT molecular complexity index is 492. The zero-order valence-corrected chi connectivity index (χ0v) is 14.6. The fraction of sp³-hybridized carbons (Fsp3) is 0.600. The van der Waals surface area contributed by atoms with Crippen LogP contribution in [-0.4, -0.2) is 49.8 Å². The molecule has 1 atom stereocenters. The van der Waals surface area contributed by atoms with Gasteiger partial charge in [0.1, 0.15) is 11.9 Å². The Labute approximate surface area is 149 Å². The van der Waals surface area contributed by atoms with E-state index in [0.29, 0.717) is 19.7 Å². The topological polar surface area (TPSA) is 66.5 Å². The van der Waals surface area contributed by atoms with Crippen LogP contribution in [0.4, 0.5) is 5.82 Å². The summed E-state index contributed by atoms with van der Waals surface area (Å²) in [6, 6.07) is 4.01. The number of nitrogens with zero attached hydrogens (tertiary/aromatic N) is 2. The number of pyridine rings is 1. The largest absolute Gasteiger partial charge is 0.366 e. The minimum atomic E-state index is -0.376. The Kier molecular flexibility index (Phi) is 8.62. The third-order valence-corrected chi connectivity index (χ3v) is 3.93. The van der Waals surface area contributed by atoms with Crippen molar-refractivity contribution in [2.24, 2.45) is 0 Å². The van der Waals surface area contributed by atoms with Gasteiger partial charge in [-0.2, -0.15) is 0 Å². The summed E-state index contributed by atoms with van der Waals surface area (Å²) in [6.45, 7) is 4.65. The number of nitrogens with one attached hydrogen (secondary N) is 2. The molecule has 0 aliphatic carbocycles. The van der Waals surface area contributed by atoms with Gasteiger partial charge < -0.3 is 20.3 Å². The summed E-state index contributed by atoms with van der Waals surface area (Å²) in [5, 5.41) is 6.09. The zero-order chi connectivity index (χ0) is 14.5. The smallest absolute Gasteiger partial charge is 0.250 e. The number of halogens is 2. The predicted octanol–water partition coefficient (Wildman–Crippen LogP) is 1.13. The van der Waals surface area contributed by atoms with Crippen LogP contribution in [-0.2, 0) is 16.1 Å². The number of rotatable bonds is 4. The van der Waals surface area contributed by atoms with Gasteiger partial charge in [-0.05, 0) is 30.5 Å². The first-order valence-corrected chi connectivity index (χ1v) is 7.63. The average molecular weight is 363 g/mol. The van der Waals surface area contributed by atoms with Crippen LogP contribution < -0.4 is 15.5 Å². The van der Waals surface area contributed by atoms with Crippen molar-refractivity contribution >= 4 is 36.5 Å². The molecule has 0 radical (unpaired) electrons. The summed E-state index contributed by atoms with van der Waals surface area (Å²) in [5.74, 6) is 0.955. The number of aromatic nitrogens is 1. The second kappa shape index (κ2) is 9.93. The predicted molar refractivity (Wildman–Crippen MR) is 94.6 cm³/mol. The minimum Gasteiger partial charge on any atom is -0.366 e. The van der Waals surface area contributed by atoms with E-state index in [-0.39, 0.29) is 36.8 Å². The SMILES string of the molecule is Cl.Cl.O=C(NCc1ccnc(N2CCCC2)c1)C1CNCCO1. The molecule has 3 rings (SSSR count). The van der Waals surface area contributed by atoms with E-state index < -0.39 is 0 Å². The highest BCUT2D eigenvalue weighted by molar-refractivity contribution is 5.85. The van der Waals surface area contributed by atoms with E-state index in [0.717, 1.165) is 31.0 Å². The Balaban J connectivity index is 0.00000132. The summed E-state index contributed by atoms with van der Waals surface area (Å²) >= 11 is 0. The van der Waals surface area contributed by atoms with Gasteiger partial charge >= 0.3 is 0 Å². The van der Waals surface area contributed by atoms with Crippen LogP contribution in [0.2, 0.25) is 0 Å². The summed E-state index contributed by atoms with van der Waals surface area (Å²) < 4.78 is 5.44. The quantitative estimate of drug-likeness (QED) is 0.840. The molecule has 1 aromatic rings. The maximum absolute atomic E-state index is 12.0. The number of morpholine rings is 1. The Morgan fingerprint density at radius 3 is 2.87 bits per heavy atom. The molecule has 0 saturated carbocycles. The number of carbonyl (C=O) groups is 1. The fourth-order valence-electron chi connectivity index (χ4n) is 2.73. The molecule has 1 amide bonds. The van der Waals surface area contributed by atoms with Gasteiger partial charge in [-0.15, -0.1) is 24.8 Å². The molecule has 0 spiro atoms. The lowest BCUT2D eigenvalue weighted by Gasteiger charge is -2.23. The average Bonchev–Trinajstić information content (AvgIpc) is 3.08. The summed E-state index contributed by atoms with van der Waals surface area (Å²) in [6.07, 6.45) is 3.90. The van der Waals surface area contributed by atoms with Crippen LogP contribution >= 0.6 is 24.8 Å². The minimum absolute atomic E-state index is 0. The molecule has 3 heterocycles. The van der Waals surface area contributed by atoms with Gasteiger partial charge in [0.15, 0.2) is 0 Å². The van der Waals surface area contributed by atoms with Gasteiger partial charge in [-0.25, -0.2) is 4.98 Å². The Morgan fingerprint density at radius 2 is 2.17 bits per heavy atom. The molecule has 2 aliphatic rings. The van der Waals surface area contributed by atoms with Crippen molar-refractivity contribution in [3.8, 4) is 0 Å². The van der Waals surface area contributed by atoms with Crippen LogP contribution in [0.1, 0.15) is 18.4 Å². The van der Waals surface area contributed by atoms with E-state index in [2.05, 4.69) is 26.6 Å². The number of carbonyl (C=O) groups excluding carboxylic acids is 1. The van der Waals surface area contributed by atoms with E-state index in [4.69, 9.17) is 4.74 Å². The number of hydrogen-bond donors (Lipinski definition) is 2. The van der Waals surface area contributed by atoms with Gasteiger partial charge in [-0.1, -0.05) is 0 Å². The molecule has 8 heteroatoms. The molecule has 6 nitrogen and oxygen atoms in total. The molecule has 23 heavy (non-hydrogen) atoms. The number of hydrogen-bond acceptors (Lipinski definition) is 5. The molecular weight excluding hydrogens is 339 g/mol. The first-order valence-electron chi connectivity index (χ1n) is 7.63. The second-order valence-corrected chi connectivity index (χ2v) is 5.50. The van der Waals surface area contributed by atoms with Crippen LogP contribution in [0.3, 0.4) is 0 Å². The first-order chi connectivity index (χ1) is 10.3. The van der Waals surface area contributed by atoms with Gasteiger partial charge in [-0.3, -0.25) is 4.79 Å². The Hall–Kier alpha value is -1.08. The van der Waals surface area contributed by atoms with Crippen molar-refractivity contribution in [1.82, 2.24) is 15.6 Å². The summed E-state index contributed by atoms with van der Waals surface area (Å²) in [4.78, 5) is 18.7. The lowest BCUT2D eigenvalue weighted by molar-refractivity contribution is -0.134. The molecule has 130 valence electrons. The third kappa shape index (κ3) is 5.49. The van der Waals surface area contributed by atoms with Gasteiger partial charge in [0.2, 0.25) is 0 Å². The van der Waals surface area contributed by atoms with Crippen molar-refractivity contribution in [2.45, 2.75) is 25.5 Å². The Morgan fingerprint density at radius 1 is 1.39 bits per heavy atom. The van der Waals surface area contributed by atoms with Crippen LogP contribution in [0.25, 0.3) is 0 Å². The summed E-state index contributed by atoms with van der Waals surface area (Å²) in [7, 11) is 0. The zero-order valence-electron chi connectivity index (χ0n) is 13.0. The molecule has 2 N–H and O–H groups in total. The van der Waals surface area contributed by atoms with Crippen molar-refractivity contribution in [1.29, 1.82) is 0 Å². The molecule has 1 unspecified atom stereocenters. The maximum atomic E-state index is 12.0. The van der Waals surface area contributed by atoms with Gasteiger partial charge in [0.05, 0.1) is 6.61 Å². The van der Waals surface area contributed by atoms with Gasteiger partial charge in [0.25, 0.3) is 5.91 Å². The molecular formula is C15H24Cl2N4O2. The third-order valence-electron chi connectivity index (χ3n) is 3.93. The normalized spacial score (nSPS) is 20.3. The first kappa shape index (κ1) is 20.0. The van der Waals surface area contributed by atoms with Gasteiger partial charge in [0, 0.05) is 38.9 Å². The molecule has 1 aromatic heterocycles. The molecule has 2 aliphatic heterocycles. The van der Waals surface area contributed by atoms with Crippen LogP contribution in [0.15, 0.2) is 18.3 Å². The number of amides is 1. The standard InChI is InChI=1S/C15H22N4O2.2ClH/c20-15(13-11-16-5-8-21-13)18-10-12-3-4-17-14(9-12)19-6-1-2-7-19;;/h3-4,9,13,16H,1-2,5-8,10-11H2,(H,18,20);2*1H. The van der Waals surface area contributed by atoms with E-state index in [1.165, 1.54) is 12.8 Å². The fourth-order valence-corrected chi connectivity index (χ4v) is 2.73. The van der Waals surface area contributed by atoms with E-state index in [1.54, 1.807) is 0 Å². The van der Waals surface area contributed by atoms with Crippen LogP contribution in [0.5, 0.6) is 0 Å². The van der Waals surface area contributed by atoms with E-state index in [1.807, 2.05) is 12.3 Å². The van der Waals surface area contributed by atoms with Crippen LogP contribution in [0, 0.1) is 0 Å². The maximum Gasteiger partial charge on any atom is 0.250 e.